The molecule has 1 heterocycles. The third-order valence-electron chi connectivity index (χ3n) is 4.45. The maximum atomic E-state index is 13.1. The molecule has 0 aliphatic rings. The summed E-state index contributed by atoms with van der Waals surface area (Å²) in [5.41, 5.74) is 2.04. The van der Waals surface area contributed by atoms with Crippen LogP contribution in [0.2, 0.25) is 0 Å². The third-order valence-corrected chi connectivity index (χ3v) is 4.45. The number of aromatic nitrogens is 1. The molecule has 5 heteroatoms. The number of para-hydroxylation sites is 2. The van der Waals surface area contributed by atoms with Gasteiger partial charge in [0.1, 0.15) is 6.04 Å². The number of carbonyl (C=O) groups is 2. The summed E-state index contributed by atoms with van der Waals surface area (Å²) < 4.78 is 4.86. The molecular weight excluding hydrogens is 328 g/mol. The van der Waals surface area contributed by atoms with Crippen LogP contribution in [-0.4, -0.2) is 30.0 Å². The van der Waals surface area contributed by atoms with Gasteiger partial charge in [0.05, 0.1) is 23.7 Å². The number of fused-ring (bicyclic) bond motifs is 2. The zero-order valence-corrected chi connectivity index (χ0v) is 15.0. The molecule has 0 fully saturated rings. The Morgan fingerprint density at radius 1 is 1.04 bits per heavy atom. The number of ether oxygens (including phenoxy) is 1. The number of hydrogen-bond acceptors (Lipinski definition) is 4. The van der Waals surface area contributed by atoms with Gasteiger partial charge in [0.25, 0.3) is 5.91 Å². The van der Waals surface area contributed by atoms with Gasteiger partial charge >= 0.3 is 5.97 Å². The number of methoxy groups -OCH3 is 1. The first-order valence-corrected chi connectivity index (χ1v) is 8.82. The zero-order valence-electron chi connectivity index (χ0n) is 15.0. The van der Waals surface area contributed by atoms with E-state index in [0.717, 1.165) is 34.6 Å². The summed E-state index contributed by atoms with van der Waals surface area (Å²) in [5, 5.41) is 4.39. The second kappa shape index (κ2) is 7.95. The van der Waals surface area contributed by atoms with Crippen molar-refractivity contribution in [3.05, 3.63) is 54.1 Å². The first-order chi connectivity index (χ1) is 12.7. The predicted octanol–water partition coefficient (Wildman–Crippen LogP) is 3.85. The van der Waals surface area contributed by atoms with Crippen molar-refractivity contribution in [1.82, 2.24) is 10.3 Å². The Morgan fingerprint density at radius 3 is 2.15 bits per heavy atom. The van der Waals surface area contributed by atoms with Gasteiger partial charge in [-0.25, -0.2) is 9.78 Å². The molecule has 1 aromatic heterocycles. The Bertz CT molecular complexity index is 898. The number of unbranched alkanes of at least 4 members (excludes halogenated alkanes) is 1. The van der Waals surface area contributed by atoms with Gasteiger partial charge in [-0.1, -0.05) is 56.2 Å². The van der Waals surface area contributed by atoms with E-state index in [1.54, 1.807) is 0 Å². The average molecular weight is 350 g/mol. The monoisotopic (exact) mass is 350 g/mol. The quantitative estimate of drug-likeness (QED) is 0.542. The van der Waals surface area contributed by atoms with E-state index in [0.29, 0.717) is 12.0 Å². The van der Waals surface area contributed by atoms with Gasteiger partial charge in [-0.05, 0) is 18.6 Å². The fraction of sp³-hybridized carbons (Fsp3) is 0.286. The van der Waals surface area contributed by atoms with E-state index >= 15 is 0 Å². The van der Waals surface area contributed by atoms with E-state index in [1.807, 2.05) is 55.5 Å². The summed E-state index contributed by atoms with van der Waals surface area (Å²) in [6, 6.07) is 14.4. The Balaban J connectivity index is 2.06. The minimum absolute atomic E-state index is 0.286. The lowest BCUT2D eigenvalue weighted by Crippen LogP contribution is -2.41. The van der Waals surface area contributed by atoms with E-state index < -0.39 is 12.0 Å². The molecule has 0 saturated carbocycles. The molecule has 0 unspecified atom stereocenters. The van der Waals surface area contributed by atoms with Gasteiger partial charge in [-0.3, -0.25) is 4.79 Å². The first-order valence-electron chi connectivity index (χ1n) is 8.82. The van der Waals surface area contributed by atoms with Crippen LogP contribution in [0.5, 0.6) is 0 Å². The molecule has 0 aliphatic heterocycles. The number of amides is 1. The second-order valence-electron chi connectivity index (χ2n) is 6.21. The van der Waals surface area contributed by atoms with Crippen molar-refractivity contribution in [3.8, 4) is 0 Å². The Morgan fingerprint density at radius 2 is 1.62 bits per heavy atom. The van der Waals surface area contributed by atoms with Gasteiger partial charge in [0, 0.05) is 10.8 Å². The van der Waals surface area contributed by atoms with Crippen LogP contribution in [0, 0.1) is 0 Å². The number of nitrogens with one attached hydrogen (secondary N) is 1. The molecule has 2 aromatic carbocycles. The number of esters is 1. The number of rotatable bonds is 6. The van der Waals surface area contributed by atoms with Crippen LogP contribution in [0.3, 0.4) is 0 Å². The molecule has 3 rings (SSSR count). The van der Waals surface area contributed by atoms with Crippen LogP contribution in [0.25, 0.3) is 21.8 Å². The molecule has 0 aliphatic carbocycles. The summed E-state index contributed by atoms with van der Waals surface area (Å²) in [5.74, 6) is -0.708. The highest BCUT2D eigenvalue weighted by Gasteiger charge is 2.24. The Kier molecular flexibility index (Phi) is 5.46. The smallest absolute Gasteiger partial charge is 0.328 e. The maximum absolute atomic E-state index is 13.1. The number of hydrogen-bond donors (Lipinski definition) is 1. The van der Waals surface area contributed by atoms with E-state index in [2.05, 4.69) is 10.3 Å². The molecule has 26 heavy (non-hydrogen) atoms. The minimum Gasteiger partial charge on any atom is -0.467 e. The Hall–Kier alpha value is -2.95. The molecule has 5 nitrogen and oxygen atoms in total. The number of benzene rings is 2. The molecule has 1 N–H and O–H groups in total. The molecule has 134 valence electrons. The first kappa shape index (κ1) is 17.9. The van der Waals surface area contributed by atoms with Crippen molar-refractivity contribution in [1.29, 1.82) is 0 Å². The zero-order chi connectivity index (χ0) is 18.5. The second-order valence-corrected chi connectivity index (χ2v) is 6.21. The summed E-state index contributed by atoms with van der Waals surface area (Å²) in [6.45, 7) is 2.04. The lowest BCUT2D eigenvalue weighted by Gasteiger charge is -2.18. The van der Waals surface area contributed by atoms with Crippen molar-refractivity contribution < 1.29 is 14.3 Å². The van der Waals surface area contributed by atoms with Crippen molar-refractivity contribution in [2.24, 2.45) is 0 Å². The SMILES string of the molecule is CCCC[C@H](NC(=O)c1c2ccccc2nc2ccccc12)C(=O)OC. The topological polar surface area (TPSA) is 68.3 Å². The number of carbonyl (C=O) groups excluding carboxylic acids is 2. The molecule has 1 atom stereocenters. The highest BCUT2D eigenvalue weighted by atomic mass is 16.5. The summed E-state index contributed by atoms with van der Waals surface area (Å²) >= 11 is 0. The highest BCUT2D eigenvalue weighted by Crippen LogP contribution is 2.26. The third kappa shape index (κ3) is 3.52. The minimum atomic E-state index is -0.655. The van der Waals surface area contributed by atoms with Gasteiger partial charge in [0.15, 0.2) is 0 Å². The maximum Gasteiger partial charge on any atom is 0.328 e. The molecule has 0 bridgehead atoms. The standard InChI is InChI=1S/C21H22N2O3/c1-3-4-11-18(21(25)26-2)23-20(24)19-14-9-5-7-12-16(14)22-17-13-8-6-10-15(17)19/h5-10,12-13,18H,3-4,11H2,1-2H3,(H,23,24)/t18-/m0/s1. The van der Waals surface area contributed by atoms with Gasteiger partial charge in [-0.2, -0.15) is 0 Å². The van der Waals surface area contributed by atoms with E-state index in [4.69, 9.17) is 4.74 Å². The highest BCUT2D eigenvalue weighted by molar-refractivity contribution is 6.16. The normalized spacial score (nSPS) is 12.1. The largest absolute Gasteiger partial charge is 0.467 e. The molecule has 3 aromatic rings. The van der Waals surface area contributed by atoms with Crippen LogP contribution in [0.1, 0.15) is 36.5 Å². The van der Waals surface area contributed by atoms with Gasteiger partial charge in [-0.15, -0.1) is 0 Å². The van der Waals surface area contributed by atoms with Crippen molar-refractivity contribution in [2.45, 2.75) is 32.2 Å². The fourth-order valence-electron chi connectivity index (χ4n) is 3.11. The van der Waals surface area contributed by atoms with Crippen LogP contribution in [0.15, 0.2) is 48.5 Å². The summed E-state index contributed by atoms with van der Waals surface area (Å²) in [4.78, 5) is 29.8. The van der Waals surface area contributed by atoms with E-state index in [9.17, 15) is 9.59 Å². The summed E-state index contributed by atoms with van der Waals surface area (Å²) in [6.07, 6.45) is 2.32. The average Bonchev–Trinajstić information content (AvgIpc) is 2.68. The molecule has 0 spiro atoms. The predicted molar refractivity (Wildman–Crippen MR) is 102 cm³/mol. The van der Waals surface area contributed by atoms with E-state index in [-0.39, 0.29) is 5.91 Å². The van der Waals surface area contributed by atoms with Gasteiger partial charge < -0.3 is 10.1 Å². The summed E-state index contributed by atoms with van der Waals surface area (Å²) in [7, 11) is 1.34. The molecular formula is C21H22N2O3. The van der Waals surface area contributed by atoms with Crippen molar-refractivity contribution >= 4 is 33.7 Å². The molecule has 1 amide bonds. The van der Waals surface area contributed by atoms with Crippen LogP contribution in [-0.2, 0) is 9.53 Å². The molecule has 0 radical (unpaired) electrons. The lowest BCUT2D eigenvalue weighted by molar-refractivity contribution is -0.143. The van der Waals surface area contributed by atoms with E-state index in [1.165, 1.54) is 7.11 Å². The van der Waals surface area contributed by atoms with Crippen molar-refractivity contribution in [2.75, 3.05) is 7.11 Å². The van der Waals surface area contributed by atoms with Crippen molar-refractivity contribution in [3.63, 3.8) is 0 Å². The fourth-order valence-corrected chi connectivity index (χ4v) is 3.11. The number of nitrogens with zero attached hydrogens (tertiary/aromatic N) is 1. The van der Waals surface area contributed by atoms with Crippen LogP contribution >= 0.6 is 0 Å². The van der Waals surface area contributed by atoms with Gasteiger partial charge in [0.2, 0.25) is 0 Å². The van der Waals surface area contributed by atoms with Crippen LogP contribution in [0.4, 0.5) is 0 Å². The Labute approximate surface area is 152 Å². The number of pyridine rings is 1. The van der Waals surface area contributed by atoms with Crippen LogP contribution < -0.4 is 5.32 Å². The molecule has 0 saturated heterocycles. The lowest BCUT2D eigenvalue weighted by atomic mass is 10.0.